The molecule has 0 spiro atoms. The summed E-state index contributed by atoms with van der Waals surface area (Å²) in [5, 5.41) is 2.70. The van der Waals surface area contributed by atoms with E-state index in [1.807, 2.05) is 0 Å². The normalized spacial score (nSPS) is 14.1. The average Bonchev–Trinajstić information content (AvgIpc) is 2.60. The number of rotatable bonds is 7. The van der Waals surface area contributed by atoms with Gasteiger partial charge in [-0.1, -0.05) is 18.2 Å². The highest BCUT2D eigenvalue weighted by Crippen LogP contribution is 2.23. The van der Waals surface area contributed by atoms with Gasteiger partial charge in [0.1, 0.15) is 11.9 Å². The average molecular weight is 443 g/mol. The summed E-state index contributed by atoms with van der Waals surface area (Å²) in [4.78, 5) is 12.8. The van der Waals surface area contributed by atoms with E-state index in [0.717, 1.165) is 22.9 Å². The third-order valence-electron chi connectivity index (χ3n) is 4.32. The van der Waals surface area contributed by atoms with Crippen LogP contribution in [0.25, 0.3) is 0 Å². The number of sulfonamides is 1. The van der Waals surface area contributed by atoms with E-state index in [-0.39, 0.29) is 10.6 Å². The van der Waals surface area contributed by atoms with Crippen LogP contribution in [0.1, 0.15) is 25.5 Å². The van der Waals surface area contributed by atoms with E-state index in [2.05, 4.69) is 5.32 Å². The van der Waals surface area contributed by atoms with E-state index >= 15 is 0 Å². The second kappa shape index (κ2) is 8.50. The molecular weight excluding hydrogens is 419 g/mol. The van der Waals surface area contributed by atoms with Crippen LogP contribution in [0.4, 0.5) is 10.1 Å². The van der Waals surface area contributed by atoms with Crippen LogP contribution in [0.5, 0.6) is 0 Å². The Bertz CT molecular complexity index is 1100. The maximum Gasteiger partial charge on any atom is 0.244 e. The predicted molar refractivity (Wildman–Crippen MR) is 109 cm³/mol. The van der Waals surface area contributed by atoms with Crippen LogP contribution in [0.3, 0.4) is 0 Å². The minimum absolute atomic E-state index is 0.0420. The maximum atomic E-state index is 13.6. The van der Waals surface area contributed by atoms with Crippen molar-refractivity contribution in [3.05, 3.63) is 59.9 Å². The summed E-state index contributed by atoms with van der Waals surface area (Å²) in [6, 6.07) is 9.37. The standard InChI is InChI=1S/C19H23FN2O5S2/c1-13(15-8-10-18(11-9-15)28(3,24)25)21-19(23)14(2)22(29(4,26)27)17-7-5-6-16(20)12-17/h5-14H,1-4H3,(H,21,23)/t13-,14+/m1/s1. The predicted octanol–water partition coefficient (Wildman–Crippen LogP) is 2.26. The Hall–Kier alpha value is -2.46. The van der Waals surface area contributed by atoms with E-state index in [4.69, 9.17) is 0 Å². The third kappa shape index (κ3) is 5.77. The molecule has 2 atom stereocenters. The zero-order valence-electron chi connectivity index (χ0n) is 16.5. The second-order valence-electron chi connectivity index (χ2n) is 6.79. The number of carbonyl (C=O) groups excluding carboxylic acids is 1. The Labute approximate surface area is 170 Å². The van der Waals surface area contributed by atoms with Gasteiger partial charge in [0.15, 0.2) is 9.84 Å². The Morgan fingerprint density at radius 1 is 1.00 bits per heavy atom. The molecule has 0 aliphatic carbocycles. The van der Waals surface area contributed by atoms with Gasteiger partial charge in [-0.3, -0.25) is 9.10 Å². The SMILES string of the molecule is C[C@@H](NC(=O)[C@H](C)N(c1cccc(F)c1)S(C)(=O)=O)c1ccc(S(C)(=O)=O)cc1. The van der Waals surface area contributed by atoms with Crippen molar-refractivity contribution in [3.8, 4) is 0 Å². The Morgan fingerprint density at radius 3 is 2.07 bits per heavy atom. The number of sulfone groups is 1. The van der Waals surface area contributed by atoms with Gasteiger partial charge in [0.2, 0.25) is 15.9 Å². The highest BCUT2D eigenvalue weighted by atomic mass is 32.2. The zero-order chi connectivity index (χ0) is 22.0. The van der Waals surface area contributed by atoms with Gasteiger partial charge < -0.3 is 5.32 Å². The fraction of sp³-hybridized carbons (Fsp3) is 0.316. The van der Waals surface area contributed by atoms with Crippen molar-refractivity contribution in [2.45, 2.75) is 30.8 Å². The van der Waals surface area contributed by atoms with Gasteiger partial charge in [0.05, 0.1) is 22.9 Å². The summed E-state index contributed by atoms with van der Waals surface area (Å²) in [5.74, 6) is -1.21. The van der Waals surface area contributed by atoms with Gasteiger partial charge in [-0.05, 0) is 49.7 Å². The molecule has 7 nitrogen and oxygen atoms in total. The fourth-order valence-corrected chi connectivity index (χ4v) is 4.64. The van der Waals surface area contributed by atoms with Crippen molar-refractivity contribution in [3.63, 3.8) is 0 Å². The molecule has 0 heterocycles. The lowest BCUT2D eigenvalue weighted by molar-refractivity contribution is -0.122. The van der Waals surface area contributed by atoms with Crippen molar-refractivity contribution < 1.29 is 26.0 Å². The minimum atomic E-state index is -3.86. The summed E-state index contributed by atoms with van der Waals surface area (Å²) in [7, 11) is -7.20. The van der Waals surface area contributed by atoms with E-state index in [1.54, 1.807) is 19.1 Å². The maximum absolute atomic E-state index is 13.6. The number of hydrogen-bond donors (Lipinski definition) is 1. The van der Waals surface area contributed by atoms with E-state index in [1.165, 1.54) is 37.3 Å². The van der Waals surface area contributed by atoms with Crippen LogP contribution in [0.2, 0.25) is 0 Å². The van der Waals surface area contributed by atoms with Gasteiger partial charge in [0.25, 0.3) is 0 Å². The molecule has 1 amide bonds. The molecule has 0 aliphatic heterocycles. The van der Waals surface area contributed by atoms with Gasteiger partial charge in [-0.2, -0.15) is 0 Å². The number of amides is 1. The monoisotopic (exact) mass is 442 g/mol. The van der Waals surface area contributed by atoms with Gasteiger partial charge in [0, 0.05) is 6.26 Å². The molecule has 1 N–H and O–H groups in total. The number of hydrogen-bond acceptors (Lipinski definition) is 5. The second-order valence-corrected chi connectivity index (χ2v) is 10.7. The first kappa shape index (κ1) is 22.8. The number of benzene rings is 2. The third-order valence-corrected chi connectivity index (χ3v) is 6.69. The number of anilines is 1. The van der Waals surface area contributed by atoms with Crippen LogP contribution in [0.15, 0.2) is 53.4 Å². The molecule has 10 heteroatoms. The van der Waals surface area contributed by atoms with Crippen molar-refractivity contribution in [2.24, 2.45) is 0 Å². The van der Waals surface area contributed by atoms with Crippen molar-refractivity contribution in [1.82, 2.24) is 5.32 Å². The molecule has 2 aromatic carbocycles. The van der Waals surface area contributed by atoms with Crippen LogP contribution in [-0.4, -0.2) is 41.3 Å². The largest absolute Gasteiger partial charge is 0.348 e. The van der Waals surface area contributed by atoms with E-state index < -0.39 is 43.7 Å². The highest BCUT2D eigenvalue weighted by Gasteiger charge is 2.30. The van der Waals surface area contributed by atoms with Gasteiger partial charge in [-0.15, -0.1) is 0 Å². The summed E-state index contributed by atoms with van der Waals surface area (Å²) in [6.07, 6.45) is 2.04. The molecule has 2 aromatic rings. The first-order chi connectivity index (χ1) is 13.3. The summed E-state index contributed by atoms with van der Waals surface area (Å²) < 4.78 is 62.0. The Morgan fingerprint density at radius 2 is 1.59 bits per heavy atom. The fourth-order valence-electron chi connectivity index (χ4n) is 2.84. The summed E-state index contributed by atoms with van der Waals surface area (Å²) in [5.41, 5.74) is 0.690. The van der Waals surface area contributed by atoms with Gasteiger partial charge >= 0.3 is 0 Å². The molecule has 29 heavy (non-hydrogen) atoms. The topological polar surface area (TPSA) is 101 Å². The van der Waals surface area contributed by atoms with Crippen molar-refractivity contribution in [1.29, 1.82) is 0 Å². The highest BCUT2D eigenvalue weighted by molar-refractivity contribution is 7.92. The first-order valence-corrected chi connectivity index (χ1v) is 12.4. The summed E-state index contributed by atoms with van der Waals surface area (Å²) in [6.45, 7) is 3.09. The smallest absolute Gasteiger partial charge is 0.244 e. The number of nitrogens with one attached hydrogen (secondary N) is 1. The van der Waals surface area contributed by atoms with Crippen LogP contribution < -0.4 is 9.62 Å². The molecule has 0 fully saturated rings. The lowest BCUT2D eigenvalue weighted by atomic mass is 10.1. The molecule has 0 radical (unpaired) electrons. The lowest BCUT2D eigenvalue weighted by Crippen LogP contribution is -2.48. The van der Waals surface area contributed by atoms with Crippen LogP contribution >= 0.6 is 0 Å². The zero-order valence-corrected chi connectivity index (χ0v) is 18.1. The lowest BCUT2D eigenvalue weighted by Gasteiger charge is -2.29. The number of halogens is 1. The Kier molecular flexibility index (Phi) is 6.69. The van der Waals surface area contributed by atoms with Crippen molar-refractivity contribution in [2.75, 3.05) is 16.8 Å². The molecule has 0 bridgehead atoms. The molecule has 0 aromatic heterocycles. The molecule has 0 saturated carbocycles. The van der Waals surface area contributed by atoms with E-state index in [9.17, 15) is 26.0 Å². The molecule has 0 unspecified atom stereocenters. The van der Waals surface area contributed by atoms with E-state index in [0.29, 0.717) is 5.56 Å². The number of nitrogens with zero attached hydrogens (tertiary/aromatic N) is 1. The minimum Gasteiger partial charge on any atom is -0.348 e. The van der Waals surface area contributed by atoms with Gasteiger partial charge in [-0.25, -0.2) is 21.2 Å². The molecule has 0 aliphatic rings. The van der Waals surface area contributed by atoms with Crippen LogP contribution in [-0.2, 0) is 24.7 Å². The molecule has 158 valence electrons. The Balaban J connectivity index is 2.23. The summed E-state index contributed by atoms with van der Waals surface area (Å²) >= 11 is 0. The quantitative estimate of drug-likeness (QED) is 0.709. The molecule has 2 rings (SSSR count). The van der Waals surface area contributed by atoms with Crippen LogP contribution in [0, 0.1) is 5.82 Å². The van der Waals surface area contributed by atoms with Crippen molar-refractivity contribution >= 4 is 31.5 Å². The first-order valence-electron chi connectivity index (χ1n) is 8.66. The number of carbonyl (C=O) groups is 1. The molecule has 0 saturated heterocycles. The molecular formula is C19H23FN2O5S2.